The highest BCUT2D eigenvalue weighted by Gasteiger charge is 2.36. The molecule has 2 aromatic carbocycles. The predicted octanol–water partition coefficient (Wildman–Crippen LogP) is 3.14. The number of hydrogen-bond acceptors (Lipinski definition) is 3. The fourth-order valence-corrected chi connectivity index (χ4v) is 3.45. The number of hydrogen-bond donors (Lipinski definition) is 0. The molecule has 0 bridgehead atoms. The van der Waals surface area contributed by atoms with Crippen LogP contribution in [0, 0.1) is 5.92 Å². The Labute approximate surface area is 160 Å². The average molecular weight is 366 g/mol. The van der Waals surface area contributed by atoms with E-state index < -0.39 is 0 Å². The van der Waals surface area contributed by atoms with Crippen LogP contribution in [0.15, 0.2) is 54.6 Å². The molecule has 1 atom stereocenters. The Kier molecular flexibility index (Phi) is 5.79. The van der Waals surface area contributed by atoms with Crippen molar-refractivity contribution in [2.45, 2.75) is 26.3 Å². The van der Waals surface area contributed by atoms with Gasteiger partial charge in [-0.15, -0.1) is 0 Å². The van der Waals surface area contributed by atoms with Crippen LogP contribution in [-0.2, 0) is 16.0 Å². The van der Waals surface area contributed by atoms with Crippen LogP contribution >= 0.6 is 0 Å². The lowest BCUT2D eigenvalue weighted by Crippen LogP contribution is -2.59. The maximum absolute atomic E-state index is 12.8. The van der Waals surface area contributed by atoms with E-state index in [0.717, 1.165) is 11.3 Å². The highest BCUT2D eigenvalue weighted by atomic mass is 16.5. The second-order valence-electron chi connectivity index (χ2n) is 7.17. The number of carbonyl (C=O) groups excluding carboxylic acids is 2. The highest BCUT2D eigenvalue weighted by molar-refractivity contribution is 5.98. The number of methoxy groups -OCH3 is 1. The molecule has 0 saturated carbocycles. The lowest BCUT2D eigenvalue weighted by atomic mass is 9.99. The summed E-state index contributed by atoms with van der Waals surface area (Å²) in [6, 6.07) is 17.5. The van der Waals surface area contributed by atoms with Gasteiger partial charge in [-0.2, -0.15) is 0 Å². The molecular formula is C22H26N2O3. The van der Waals surface area contributed by atoms with Gasteiger partial charge in [0.15, 0.2) is 0 Å². The Bertz CT molecular complexity index is 804. The van der Waals surface area contributed by atoms with Crippen molar-refractivity contribution in [2.24, 2.45) is 5.92 Å². The molecule has 3 rings (SSSR count). The van der Waals surface area contributed by atoms with Crippen LogP contribution < -0.4 is 9.64 Å². The Morgan fingerprint density at radius 1 is 1.15 bits per heavy atom. The molecule has 0 aliphatic carbocycles. The number of nitrogens with zero attached hydrogens (tertiary/aromatic N) is 2. The van der Waals surface area contributed by atoms with E-state index in [0.29, 0.717) is 18.7 Å². The number of anilines is 1. The minimum Gasteiger partial charge on any atom is -0.497 e. The molecular weight excluding hydrogens is 340 g/mol. The largest absolute Gasteiger partial charge is 0.497 e. The van der Waals surface area contributed by atoms with Gasteiger partial charge in [0, 0.05) is 24.2 Å². The molecule has 142 valence electrons. The number of carbonyl (C=O) groups is 2. The van der Waals surface area contributed by atoms with Gasteiger partial charge in [-0.3, -0.25) is 9.59 Å². The standard InChI is InChI=1S/C22H26N2O3/c1-16(2)22(26)24-15-21(25)23(18-10-7-11-20(13-18)27-3)14-19(24)12-17-8-5-4-6-9-17/h4-11,13,16,19H,12,14-15H2,1-3H3/t19-/m0/s1. The summed E-state index contributed by atoms with van der Waals surface area (Å²) in [5.41, 5.74) is 1.96. The van der Waals surface area contributed by atoms with Crippen molar-refractivity contribution in [3.8, 4) is 5.75 Å². The molecule has 2 aromatic rings. The second kappa shape index (κ2) is 8.25. The van der Waals surface area contributed by atoms with E-state index in [1.54, 1.807) is 16.9 Å². The van der Waals surface area contributed by atoms with Gasteiger partial charge in [-0.1, -0.05) is 50.2 Å². The van der Waals surface area contributed by atoms with Crippen molar-refractivity contribution in [3.05, 3.63) is 60.2 Å². The molecule has 2 amide bonds. The molecule has 1 fully saturated rings. The molecule has 27 heavy (non-hydrogen) atoms. The highest BCUT2D eigenvalue weighted by Crippen LogP contribution is 2.26. The Morgan fingerprint density at radius 2 is 1.89 bits per heavy atom. The van der Waals surface area contributed by atoms with Crippen LogP contribution in [0.3, 0.4) is 0 Å². The van der Waals surface area contributed by atoms with Gasteiger partial charge in [0.05, 0.1) is 13.2 Å². The van der Waals surface area contributed by atoms with E-state index in [1.165, 1.54) is 0 Å². The van der Waals surface area contributed by atoms with E-state index in [-0.39, 0.29) is 30.3 Å². The topological polar surface area (TPSA) is 49.9 Å². The van der Waals surface area contributed by atoms with Gasteiger partial charge in [0.25, 0.3) is 0 Å². The lowest BCUT2D eigenvalue weighted by Gasteiger charge is -2.42. The minimum absolute atomic E-state index is 0.0228. The van der Waals surface area contributed by atoms with Crippen molar-refractivity contribution in [3.63, 3.8) is 0 Å². The monoisotopic (exact) mass is 366 g/mol. The van der Waals surface area contributed by atoms with Crippen LogP contribution in [0.25, 0.3) is 0 Å². The Hall–Kier alpha value is -2.82. The first-order valence-electron chi connectivity index (χ1n) is 9.28. The number of piperazine rings is 1. The summed E-state index contributed by atoms with van der Waals surface area (Å²) >= 11 is 0. The summed E-state index contributed by atoms with van der Waals surface area (Å²) in [7, 11) is 1.61. The van der Waals surface area contributed by atoms with E-state index in [4.69, 9.17) is 4.74 Å². The SMILES string of the molecule is COc1cccc(N2C[C@H](Cc3ccccc3)N(C(=O)C(C)C)CC2=O)c1. The van der Waals surface area contributed by atoms with Crippen LogP contribution in [0.4, 0.5) is 5.69 Å². The van der Waals surface area contributed by atoms with Crippen molar-refractivity contribution < 1.29 is 14.3 Å². The summed E-state index contributed by atoms with van der Waals surface area (Å²) in [4.78, 5) is 29.1. The van der Waals surface area contributed by atoms with Gasteiger partial charge < -0.3 is 14.5 Å². The first kappa shape index (κ1) is 19.0. The van der Waals surface area contributed by atoms with E-state index in [9.17, 15) is 9.59 Å². The fraction of sp³-hybridized carbons (Fsp3) is 0.364. The first-order chi connectivity index (χ1) is 13.0. The third-order valence-electron chi connectivity index (χ3n) is 4.90. The van der Waals surface area contributed by atoms with Crippen molar-refractivity contribution >= 4 is 17.5 Å². The van der Waals surface area contributed by atoms with Gasteiger partial charge in [-0.25, -0.2) is 0 Å². The smallest absolute Gasteiger partial charge is 0.246 e. The summed E-state index contributed by atoms with van der Waals surface area (Å²) in [6.07, 6.45) is 0.715. The fourth-order valence-electron chi connectivity index (χ4n) is 3.45. The molecule has 5 heteroatoms. The molecule has 1 heterocycles. The maximum Gasteiger partial charge on any atom is 0.246 e. The van der Waals surface area contributed by atoms with Crippen LogP contribution in [-0.4, -0.2) is 43.0 Å². The van der Waals surface area contributed by atoms with E-state index in [1.807, 2.05) is 56.3 Å². The molecule has 1 saturated heterocycles. The first-order valence-corrected chi connectivity index (χ1v) is 9.28. The third kappa shape index (κ3) is 4.30. The normalized spacial score (nSPS) is 17.3. The number of amides is 2. The molecule has 0 N–H and O–H groups in total. The van der Waals surface area contributed by atoms with Gasteiger partial charge in [0.2, 0.25) is 11.8 Å². The second-order valence-corrected chi connectivity index (χ2v) is 7.17. The average Bonchev–Trinajstić information content (AvgIpc) is 2.69. The van der Waals surface area contributed by atoms with Crippen molar-refractivity contribution in [2.75, 3.05) is 25.1 Å². The van der Waals surface area contributed by atoms with E-state index >= 15 is 0 Å². The van der Waals surface area contributed by atoms with Gasteiger partial charge in [0.1, 0.15) is 12.3 Å². The number of rotatable bonds is 5. The van der Waals surface area contributed by atoms with Crippen molar-refractivity contribution in [1.82, 2.24) is 4.90 Å². The lowest BCUT2D eigenvalue weighted by molar-refractivity contribution is -0.142. The minimum atomic E-state index is -0.139. The zero-order chi connectivity index (χ0) is 19.4. The molecule has 0 radical (unpaired) electrons. The Balaban J connectivity index is 1.89. The summed E-state index contributed by atoms with van der Waals surface area (Å²) < 4.78 is 5.29. The quantitative estimate of drug-likeness (QED) is 0.817. The molecule has 0 unspecified atom stereocenters. The zero-order valence-electron chi connectivity index (χ0n) is 16.1. The van der Waals surface area contributed by atoms with Gasteiger partial charge in [-0.05, 0) is 24.1 Å². The molecule has 5 nitrogen and oxygen atoms in total. The molecule has 0 aromatic heterocycles. The predicted molar refractivity (Wildman–Crippen MR) is 106 cm³/mol. The summed E-state index contributed by atoms with van der Waals surface area (Å²) in [6.45, 7) is 4.33. The summed E-state index contributed by atoms with van der Waals surface area (Å²) in [5.74, 6) is 0.524. The van der Waals surface area contributed by atoms with Crippen LogP contribution in [0.2, 0.25) is 0 Å². The van der Waals surface area contributed by atoms with Crippen LogP contribution in [0.1, 0.15) is 19.4 Å². The number of ether oxygens (including phenoxy) is 1. The molecule has 1 aliphatic rings. The molecule has 1 aliphatic heterocycles. The summed E-state index contributed by atoms with van der Waals surface area (Å²) in [5, 5.41) is 0. The number of benzene rings is 2. The van der Waals surface area contributed by atoms with E-state index in [2.05, 4.69) is 12.1 Å². The maximum atomic E-state index is 12.8. The van der Waals surface area contributed by atoms with Gasteiger partial charge >= 0.3 is 0 Å². The third-order valence-corrected chi connectivity index (χ3v) is 4.90. The molecule has 0 spiro atoms. The Morgan fingerprint density at radius 3 is 2.56 bits per heavy atom. The zero-order valence-corrected chi connectivity index (χ0v) is 16.1. The van der Waals surface area contributed by atoms with Crippen LogP contribution in [0.5, 0.6) is 5.75 Å². The van der Waals surface area contributed by atoms with Crippen molar-refractivity contribution in [1.29, 1.82) is 0 Å².